The van der Waals surface area contributed by atoms with Crippen molar-refractivity contribution in [3.63, 3.8) is 0 Å². The molecule has 7 heteroatoms. The lowest BCUT2D eigenvalue weighted by atomic mass is 10.1. The van der Waals surface area contributed by atoms with Crippen molar-refractivity contribution in [2.24, 2.45) is 7.05 Å². The fourth-order valence-electron chi connectivity index (χ4n) is 1.70. The fraction of sp³-hybridized carbons (Fsp3) is 0.167. The van der Waals surface area contributed by atoms with Crippen LogP contribution in [0.1, 0.15) is 10.4 Å². The summed E-state index contributed by atoms with van der Waals surface area (Å²) in [5, 5.41) is 10.7. The van der Waals surface area contributed by atoms with Crippen LogP contribution in [-0.2, 0) is 13.6 Å². The number of aryl methyl sites for hydroxylation is 1. The molecule has 2 aromatic rings. The number of carbonyl (C=O) groups is 1. The molecule has 100 valence electrons. The molecule has 0 amide bonds. The summed E-state index contributed by atoms with van der Waals surface area (Å²) in [5.74, 6) is -0.128. The highest BCUT2D eigenvalue weighted by molar-refractivity contribution is 5.94. The smallest absolute Gasteiger partial charge is 0.364 e. The molecule has 0 aliphatic rings. The molecular formula is C12H12BrN3O3. The van der Waals surface area contributed by atoms with E-state index in [1.807, 2.05) is 6.07 Å². The van der Waals surface area contributed by atoms with Gasteiger partial charge in [0.25, 0.3) is 0 Å². The van der Waals surface area contributed by atoms with Crippen LogP contribution >= 0.6 is 0 Å². The second-order valence-electron chi connectivity index (χ2n) is 3.93. The minimum Gasteiger partial charge on any atom is -1.00 e. The second-order valence-corrected chi connectivity index (χ2v) is 3.93. The maximum Gasteiger partial charge on any atom is 0.364 e. The molecule has 1 aromatic carbocycles. The number of nitrogens with zero attached hydrogens (tertiary/aromatic N) is 3. The maximum atomic E-state index is 11.9. The lowest BCUT2D eigenvalue weighted by molar-refractivity contribution is -0.683. The molecule has 0 atom stereocenters. The highest BCUT2D eigenvalue weighted by atomic mass is 79.9. The minimum absolute atomic E-state index is 0. The number of Topliss-reactive ketones (excluding diaryl/α,β-unsaturated/α-hetero) is 1. The third-order valence-electron chi connectivity index (χ3n) is 2.57. The summed E-state index contributed by atoms with van der Waals surface area (Å²) in [7, 11) is 1.57. The molecule has 0 N–H and O–H groups in total. The quantitative estimate of drug-likeness (QED) is 0.285. The predicted octanol–water partition coefficient (Wildman–Crippen LogP) is -1.89. The zero-order valence-electron chi connectivity index (χ0n) is 10.2. The van der Waals surface area contributed by atoms with Crippen molar-refractivity contribution < 1.29 is 31.3 Å². The Hall–Kier alpha value is -2.02. The van der Waals surface area contributed by atoms with E-state index in [1.54, 1.807) is 31.3 Å². The van der Waals surface area contributed by atoms with Gasteiger partial charge in [-0.15, -0.1) is 0 Å². The predicted molar refractivity (Wildman–Crippen MR) is 63.0 cm³/mol. The van der Waals surface area contributed by atoms with Crippen LogP contribution in [0.5, 0.6) is 0 Å². The number of hydrogen-bond donors (Lipinski definition) is 0. The molecule has 0 unspecified atom stereocenters. The normalized spacial score (nSPS) is 9.74. The standard InChI is InChI=1S/C12H12N3O3.BrH/c1-13-9-14(8-12(13)15(17)18)7-11(16)10-5-3-2-4-6-10;/h2-6,8-9H,7H2,1H3;1H/q+1;/p-1. The number of aromatic nitrogens is 2. The first-order chi connectivity index (χ1) is 8.58. The van der Waals surface area contributed by atoms with Gasteiger partial charge in [0.15, 0.2) is 12.7 Å². The summed E-state index contributed by atoms with van der Waals surface area (Å²) in [4.78, 5) is 22.1. The van der Waals surface area contributed by atoms with Crippen LogP contribution in [-0.4, -0.2) is 15.3 Å². The van der Waals surface area contributed by atoms with Gasteiger partial charge < -0.3 is 27.1 Å². The van der Waals surface area contributed by atoms with Gasteiger partial charge in [-0.1, -0.05) is 30.3 Å². The summed E-state index contributed by atoms with van der Waals surface area (Å²) in [6, 6.07) is 8.84. The minimum atomic E-state index is -0.483. The SMILES string of the molecule is Cn1c[n+](CC(=O)c2ccccc2)cc1[N+](=O)[O-].[Br-]. The van der Waals surface area contributed by atoms with E-state index in [-0.39, 0.29) is 35.1 Å². The molecule has 1 aromatic heterocycles. The number of halogens is 1. The fourth-order valence-corrected chi connectivity index (χ4v) is 1.70. The van der Waals surface area contributed by atoms with Crippen LogP contribution < -0.4 is 21.5 Å². The molecule has 0 saturated heterocycles. The van der Waals surface area contributed by atoms with E-state index >= 15 is 0 Å². The lowest BCUT2D eigenvalue weighted by Gasteiger charge is -1.96. The molecule has 0 saturated carbocycles. The highest BCUT2D eigenvalue weighted by Crippen LogP contribution is 2.06. The summed E-state index contributed by atoms with van der Waals surface area (Å²) < 4.78 is 2.88. The third kappa shape index (κ3) is 3.47. The first-order valence-electron chi connectivity index (χ1n) is 5.36. The van der Waals surface area contributed by atoms with Gasteiger partial charge in [-0.05, 0) is 4.92 Å². The molecule has 0 radical (unpaired) electrons. The lowest BCUT2D eigenvalue weighted by Crippen LogP contribution is -3.00. The van der Waals surface area contributed by atoms with Gasteiger partial charge in [-0.25, -0.2) is 4.57 Å². The molecular weight excluding hydrogens is 314 g/mol. The average molecular weight is 326 g/mol. The van der Waals surface area contributed by atoms with Crippen LogP contribution in [0, 0.1) is 10.1 Å². The van der Waals surface area contributed by atoms with E-state index in [0.717, 1.165) is 0 Å². The van der Waals surface area contributed by atoms with Crippen LogP contribution in [0.3, 0.4) is 0 Å². The average Bonchev–Trinajstić information content (AvgIpc) is 2.71. The topological polar surface area (TPSA) is 69.0 Å². The number of hydrogen-bond acceptors (Lipinski definition) is 3. The van der Waals surface area contributed by atoms with E-state index in [0.29, 0.717) is 5.56 Å². The van der Waals surface area contributed by atoms with Crippen molar-refractivity contribution in [2.45, 2.75) is 6.54 Å². The Balaban J connectivity index is 0.00000180. The molecule has 0 spiro atoms. The van der Waals surface area contributed by atoms with Crippen molar-refractivity contribution in [2.75, 3.05) is 0 Å². The monoisotopic (exact) mass is 325 g/mol. The van der Waals surface area contributed by atoms with Crippen molar-refractivity contribution >= 4 is 11.6 Å². The molecule has 6 nitrogen and oxygen atoms in total. The van der Waals surface area contributed by atoms with E-state index in [4.69, 9.17) is 0 Å². The van der Waals surface area contributed by atoms with Crippen LogP contribution in [0.25, 0.3) is 0 Å². The van der Waals surface area contributed by atoms with Gasteiger partial charge in [0.1, 0.15) is 0 Å². The Morgan fingerprint density at radius 3 is 2.53 bits per heavy atom. The number of rotatable bonds is 4. The number of nitro groups is 1. The largest absolute Gasteiger partial charge is 1.00 e. The van der Waals surface area contributed by atoms with Crippen molar-refractivity contribution in [1.29, 1.82) is 0 Å². The van der Waals surface area contributed by atoms with Gasteiger partial charge in [-0.3, -0.25) is 4.79 Å². The Kier molecular flexibility index (Phi) is 4.94. The van der Waals surface area contributed by atoms with E-state index in [2.05, 4.69) is 0 Å². The number of benzene rings is 1. The van der Waals surface area contributed by atoms with Gasteiger partial charge in [0.05, 0.1) is 7.05 Å². The number of ketones is 1. The second kappa shape index (κ2) is 6.24. The van der Waals surface area contributed by atoms with E-state index in [9.17, 15) is 14.9 Å². The van der Waals surface area contributed by atoms with Crippen molar-refractivity contribution in [1.82, 2.24) is 4.57 Å². The van der Waals surface area contributed by atoms with E-state index < -0.39 is 4.92 Å². The van der Waals surface area contributed by atoms with E-state index in [1.165, 1.54) is 21.7 Å². The Morgan fingerprint density at radius 2 is 2.00 bits per heavy atom. The Labute approximate surface area is 120 Å². The molecule has 19 heavy (non-hydrogen) atoms. The Morgan fingerprint density at radius 1 is 1.37 bits per heavy atom. The number of imidazole rings is 1. The zero-order chi connectivity index (χ0) is 13.1. The first-order valence-corrected chi connectivity index (χ1v) is 5.36. The summed E-state index contributed by atoms with van der Waals surface area (Å²) in [6.07, 6.45) is 2.87. The molecule has 0 aliphatic carbocycles. The third-order valence-corrected chi connectivity index (χ3v) is 2.57. The molecule has 0 aliphatic heterocycles. The Bertz CT molecular complexity index is 596. The van der Waals surface area contributed by atoms with Crippen molar-refractivity contribution in [3.8, 4) is 0 Å². The zero-order valence-corrected chi connectivity index (χ0v) is 11.8. The summed E-state index contributed by atoms with van der Waals surface area (Å²) >= 11 is 0. The maximum absolute atomic E-state index is 11.9. The molecule has 2 rings (SSSR count). The number of carbonyl (C=O) groups excluding carboxylic acids is 1. The molecule has 1 heterocycles. The van der Waals surface area contributed by atoms with Crippen molar-refractivity contribution in [3.05, 3.63) is 58.5 Å². The molecule has 0 fully saturated rings. The highest BCUT2D eigenvalue weighted by Gasteiger charge is 2.17. The van der Waals surface area contributed by atoms with Crippen LogP contribution in [0.15, 0.2) is 42.9 Å². The van der Waals surface area contributed by atoms with Gasteiger partial charge >= 0.3 is 5.82 Å². The summed E-state index contributed by atoms with van der Waals surface area (Å²) in [5.41, 5.74) is 0.594. The molecule has 0 bridgehead atoms. The van der Waals surface area contributed by atoms with Crippen LogP contribution in [0.2, 0.25) is 0 Å². The van der Waals surface area contributed by atoms with Crippen LogP contribution in [0.4, 0.5) is 5.82 Å². The van der Waals surface area contributed by atoms with Gasteiger partial charge in [0, 0.05) is 5.56 Å². The van der Waals surface area contributed by atoms with Gasteiger partial charge in [-0.2, -0.15) is 4.57 Å². The van der Waals surface area contributed by atoms with Gasteiger partial charge in [0.2, 0.25) is 12.1 Å². The first kappa shape index (κ1) is 15.0. The summed E-state index contributed by atoms with van der Waals surface area (Å²) in [6.45, 7) is 0.0890.